The van der Waals surface area contributed by atoms with E-state index in [1.165, 1.54) is 4.90 Å². The average Bonchev–Trinajstić information content (AvgIpc) is 2.29. The molecule has 1 rings (SSSR count). The number of unbranched alkanes of at least 4 members (excludes halogenated alkanes) is 1. The lowest BCUT2D eigenvalue weighted by Gasteiger charge is -2.01. The molecule has 3 N–H and O–H groups in total. The molecule has 0 atom stereocenters. The lowest BCUT2D eigenvalue weighted by molar-refractivity contribution is -0.121. The number of amides is 1. The smallest absolute Gasteiger partial charge is 0.233 e. The predicted octanol–water partition coefficient (Wildman–Crippen LogP) is 1.94. The molecule has 0 spiro atoms. The van der Waals surface area contributed by atoms with E-state index in [0.717, 1.165) is 18.6 Å². The summed E-state index contributed by atoms with van der Waals surface area (Å²) in [7, 11) is 0. The number of carbonyl (C=O) groups is 1. The van der Waals surface area contributed by atoms with Gasteiger partial charge in [0.1, 0.15) is 0 Å². The lowest BCUT2D eigenvalue weighted by atomic mass is 10.2. The van der Waals surface area contributed by atoms with Gasteiger partial charge in [0, 0.05) is 11.3 Å². The van der Waals surface area contributed by atoms with Gasteiger partial charge >= 0.3 is 0 Å². The van der Waals surface area contributed by atoms with Crippen LogP contribution in [0.25, 0.3) is 0 Å². The predicted molar refractivity (Wildman–Crippen MR) is 63.3 cm³/mol. The summed E-state index contributed by atoms with van der Waals surface area (Å²) in [6, 6.07) is 10.3. The minimum atomic E-state index is -0.0836. The van der Waals surface area contributed by atoms with Crippen molar-refractivity contribution in [1.82, 2.24) is 5.43 Å². The molecule has 0 aliphatic carbocycles. The summed E-state index contributed by atoms with van der Waals surface area (Å²) in [6.45, 7) is 0. The topological polar surface area (TPSA) is 55.1 Å². The molecule has 0 aliphatic heterocycles. The largest absolute Gasteiger partial charge is 0.294 e. The van der Waals surface area contributed by atoms with Crippen LogP contribution in [0, 0.1) is 0 Å². The van der Waals surface area contributed by atoms with Crippen molar-refractivity contribution in [2.45, 2.75) is 24.2 Å². The van der Waals surface area contributed by atoms with Crippen molar-refractivity contribution in [1.29, 1.82) is 0 Å². The standard InChI is InChI=1S/C11H16N2OS/c12-13-11(14)8-4-5-9-15-10-6-2-1-3-7-10/h1-3,6-7H,4-5,8-9,12H2,(H,13,14). The van der Waals surface area contributed by atoms with E-state index in [-0.39, 0.29) is 5.91 Å². The number of hydrazine groups is 1. The molecule has 0 heterocycles. The SMILES string of the molecule is NNC(=O)CCCCSc1ccccc1. The van der Waals surface area contributed by atoms with Crippen LogP contribution in [0.2, 0.25) is 0 Å². The summed E-state index contributed by atoms with van der Waals surface area (Å²) < 4.78 is 0. The maximum atomic E-state index is 10.8. The molecule has 1 amide bonds. The van der Waals surface area contributed by atoms with Crippen LogP contribution in [-0.2, 0) is 4.79 Å². The fourth-order valence-corrected chi connectivity index (χ4v) is 2.10. The number of thioether (sulfide) groups is 1. The van der Waals surface area contributed by atoms with Gasteiger partial charge in [0.25, 0.3) is 0 Å². The van der Waals surface area contributed by atoms with Gasteiger partial charge in [-0.2, -0.15) is 0 Å². The van der Waals surface area contributed by atoms with Crippen LogP contribution < -0.4 is 11.3 Å². The quantitative estimate of drug-likeness (QED) is 0.255. The van der Waals surface area contributed by atoms with Crippen molar-refractivity contribution in [2.75, 3.05) is 5.75 Å². The monoisotopic (exact) mass is 224 g/mol. The molecule has 0 aliphatic rings. The van der Waals surface area contributed by atoms with Gasteiger partial charge in [-0.25, -0.2) is 5.84 Å². The summed E-state index contributed by atoms with van der Waals surface area (Å²) >= 11 is 1.82. The molecular formula is C11H16N2OS. The Hall–Kier alpha value is -1.00. The zero-order valence-corrected chi connectivity index (χ0v) is 9.43. The van der Waals surface area contributed by atoms with Crippen LogP contribution in [0.3, 0.4) is 0 Å². The molecule has 1 aromatic carbocycles. The maximum absolute atomic E-state index is 10.8. The summed E-state index contributed by atoms with van der Waals surface area (Å²) in [5.74, 6) is 5.93. The van der Waals surface area contributed by atoms with Crippen LogP contribution in [0.5, 0.6) is 0 Å². The number of hydrogen-bond donors (Lipinski definition) is 2. The number of rotatable bonds is 6. The average molecular weight is 224 g/mol. The summed E-state index contributed by atoms with van der Waals surface area (Å²) in [4.78, 5) is 12.1. The second kappa shape index (κ2) is 7.31. The molecule has 0 saturated heterocycles. The fraction of sp³-hybridized carbons (Fsp3) is 0.364. The molecule has 0 aromatic heterocycles. The van der Waals surface area contributed by atoms with Crippen molar-refractivity contribution in [3.63, 3.8) is 0 Å². The number of benzene rings is 1. The Morgan fingerprint density at radius 1 is 1.27 bits per heavy atom. The van der Waals surface area contributed by atoms with E-state index in [1.54, 1.807) is 0 Å². The maximum Gasteiger partial charge on any atom is 0.233 e. The van der Waals surface area contributed by atoms with Crippen molar-refractivity contribution in [2.24, 2.45) is 5.84 Å². The normalized spacial score (nSPS) is 9.93. The zero-order valence-electron chi connectivity index (χ0n) is 8.61. The molecule has 0 unspecified atom stereocenters. The molecule has 3 nitrogen and oxygen atoms in total. The molecular weight excluding hydrogens is 208 g/mol. The van der Waals surface area contributed by atoms with Crippen LogP contribution >= 0.6 is 11.8 Å². The summed E-state index contributed by atoms with van der Waals surface area (Å²) in [5, 5.41) is 0. The second-order valence-corrected chi connectivity index (χ2v) is 4.35. The van der Waals surface area contributed by atoms with Crippen molar-refractivity contribution < 1.29 is 4.79 Å². The number of carbonyl (C=O) groups excluding carboxylic acids is 1. The highest BCUT2D eigenvalue weighted by Gasteiger charge is 1.98. The van der Waals surface area contributed by atoms with Gasteiger partial charge in [-0.15, -0.1) is 11.8 Å². The van der Waals surface area contributed by atoms with E-state index in [9.17, 15) is 4.79 Å². The van der Waals surface area contributed by atoms with E-state index in [1.807, 2.05) is 30.0 Å². The van der Waals surface area contributed by atoms with Crippen molar-refractivity contribution in [3.8, 4) is 0 Å². The van der Waals surface area contributed by atoms with Gasteiger partial charge in [0.05, 0.1) is 0 Å². The molecule has 0 bridgehead atoms. The Morgan fingerprint density at radius 3 is 2.67 bits per heavy atom. The third kappa shape index (κ3) is 5.44. The van der Waals surface area contributed by atoms with E-state index in [2.05, 4.69) is 17.6 Å². The van der Waals surface area contributed by atoms with E-state index >= 15 is 0 Å². The molecule has 82 valence electrons. The first kappa shape index (κ1) is 12.1. The summed E-state index contributed by atoms with van der Waals surface area (Å²) in [5.41, 5.74) is 2.13. The van der Waals surface area contributed by atoms with Gasteiger partial charge in [-0.1, -0.05) is 18.2 Å². The van der Waals surface area contributed by atoms with E-state index < -0.39 is 0 Å². The Kier molecular flexibility index (Phi) is 5.88. The highest BCUT2D eigenvalue weighted by molar-refractivity contribution is 7.99. The summed E-state index contributed by atoms with van der Waals surface area (Å²) in [6.07, 6.45) is 2.45. The molecule has 0 radical (unpaired) electrons. The molecule has 0 fully saturated rings. The van der Waals surface area contributed by atoms with Gasteiger partial charge in [0.2, 0.25) is 5.91 Å². The van der Waals surface area contributed by atoms with Crippen LogP contribution in [-0.4, -0.2) is 11.7 Å². The van der Waals surface area contributed by atoms with Crippen LogP contribution in [0.1, 0.15) is 19.3 Å². The molecule has 4 heteroatoms. The van der Waals surface area contributed by atoms with Gasteiger partial charge in [0.15, 0.2) is 0 Å². The van der Waals surface area contributed by atoms with Crippen LogP contribution in [0.4, 0.5) is 0 Å². The lowest BCUT2D eigenvalue weighted by Crippen LogP contribution is -2.29. The van der Waals surface area contributed by atoms with Crippen LogP contribution in [0.15, 0.2) is 35.2 Å². The van der Waals surface area contributed by atoms with Crippen molar-refractivity contribution in [3.05, 3.63) is 30.3 Å². The highest BCUT2D eigenvalue weighted by Crippen LogP contribution is 2.18. The second-order valence-electron chi connectivity index (χ2n) is 3.19. The third-order valence-corrected chi connectivity index (χ3v) is 3.07. The minimum Gasteiger partial charge on any atom is -0.294 e. The van der Waals surface area contributed by atoms with Gasteiger partial charge < -0.3 is 0 Å². The van der Waals surface area contributed by atoms with Gasteiger partial charge in [-0.05, 0) is 30.7 Å². The zero-order chi connectivity index (χ0) is 10.9. The minimum absolute atomic E-state index is 0.0836. The Morgan fingerprint density at radius 2 is 2.00 bits per heavy atom. The third-order valence-electron chi connectivity index (χ3n) is 1.97. The highest BCUT2D eigenvalue weighted by atomic mass is 32.2. The molecule has 15 heavy (non-hydrogen) atoms. The molecule has 1 aromatic rings. The van der Waals surface area contributed by atoms with Crippen molar-refractivity contribution >= 4 is 17.7 Å². The van der Waals surface area contributed by atoms with E-state index in [0.29, 0.717) is 6.42 Å². The number of nitrogens with two attached hydrogens (primary N) is 1. The molecule has 0 saturated carbocycles. The first-order chi connectivity index (χ1) is 7.33. The number of nitrogens with one attached hydrogen (secondary N) is 1. The Bertz CT molecular complexity index is 290. The van der Waals surface area contributed by atoms with E-state index in [4.69, 9.17) is 5.84 Å². The van der Waals surface area contributed by atoms with Gasteiger partial charge in [-0.3, -0.25) is 10.2 Å². The Labute approximate surface area is 94.4 Å². The first-order valence-electron chi connectivity index (χ1n) is 5.00. The fourth-order valence-electron chi connectivity index (χ4n) is 1.17. The Balaban J connectivity index is 2.05. The number of hydrogen-bond acceptors (Lipinski definition) is 3. The first-order valence-corrected chi connectivity index (χ1v) is 5.99.